The molecule has 0 saturated heterocycles. The van der Waals surface area contributed by atoms with Crippen molar-refractivity contribution in [3.05, 3.63) is 23.8 Å². The zero-order valence-electron chi connectivity index (χ0n) is 17.7. The molecule has 0 aromatic heterocycles. The van der Waals surface area contributed by atoms with Gasteiger partial charge < -0.3 is 25.0 Å². The molecule has 0 aliphatic carbocycles. The molecule has 0 aliphatic rings. The normalized spacial score (nSPS) is 11.3. The predicted octanol–water partition coefficient (Wildman–Crippen LogP) is 3.50. The number of unbranched alkanes of at least 4 members (excludes halogenated alkanes) is 1. The van der Waals surface area contributed by atoms with Gasteiger partial charge in [0.1, 0.15) is 0 Å². The summed E-state index contributed by atoms with van der Waals surface area (Å²) in [7, 11) is 5.46. The third-order valence-electron chi connectivity index (χ3n) is 4.32. The zero-order chi connectivity index (χ0) is 19.4. The summed E-state index contributed by atoms with van der Waals surface area (Å²) >= 11 is 0. The van der Waals surface area contributed by atoms with Crippen LogP contribution in [-0.4, -0.2) is 57.8 Å². The predicted molar refractivity (Wildman–Crippen MR) is 125 cm³/mol. The van der Waals surface area contributed by atoms with Crippen LogP contribution in [0, 0.1) is 0 Å². The van der Waals surface area contributed by atoms with E-state index in [4.69, 9.17) is 9.47 Å². The van der Waals surface area contributed by atoms with Crippen molar-refractivity contribution in [1.82, 2.24) is 15.5 Å². The van der Waals surface area contributed by atoms with Gasteiger partial charge in [-0.25, -0.2) is 4.99 Å². The van der Waals surface area contributed by atoms with Gasteiger partial charge in [-0.3, -0.25) is 0 Å². The van der Waals surface area contributed by atoms with E-state index in [1.807, 2.05) is 18.2 Å². The number of methoxy groups -OCH3 is 2. The fraction of sp³-hybridized carbons (Fsp3) is 0.650. The number of benzene rings is 1. The Bertz CT molecular complexity index is 553. The lowest BCUT2D eigenvalue weighted by Crippen LogP contribution is -2.38. The molecule has 0 bridgehead atoms. The molecule has 0 aliphatic heterocycles. The summed E-state index contributed by atoms with van der Waals surface area (Å²) in [5.74, 6) is 2.31. The van der Waals surface area contributed by atoms with Crippen LogP contribution in [0.25, 0.3) is 0 Å². The molecule has 0 radical (unpaired) electrons. The molecule has 0 spiro atoms. The van der Waals surface area contributed by atoms with Crippen molar-refractivity contribution < 1.29 is 9.47 Å². The van der Waals surface area contributed by atoms with Gasteiger partial charge in [0.05, 0.1) is 20.8 Å². The fourth-order valence-corrected chi connectivity index (χ4v) is 2.44. The minimum absolute atomic E-state index is 0. The summed E-state index contributed by atoms with van der Waals surface area (Å²) in [6.07, 6.45) is 2.30. The van der Waals surface area contributed by atoms with Crippen LogP contribution in [0.3, 0.4) is 0 Å². The minimum atomic E-state index is 0. The van der Waals surface area contributed by atoms with Crippen LogP contribution in [0.15, 0.2) is 23.2 Å². The second kappa shape index (κ2) is 14.8. The highest BCUT2D eigenvalue weighted by molar-refractivity contribution is 14.0. The number of nitrogens with one attached hydrogen (secondary N) is 2. The number of guanidine groups is 1. The highest BCUT2D eigenvalue weighted by Gasteiger charge is 2.05. The van der Waals surface area contributed by atoms with E-state index in [-0.39, 0.29) is 24.0 Å². The Morgan fingerprint density at radius 2 is 1.81 bits per heavy atom. The van der Waals surface area contributed by atoms with E-state index in [1.54, 1.807) is 14.2 Å². The summed E-state index contributed by atoms with van der Waals surface area (Å²) in [5, 5.41) is 6.70. The largest absolute Gasteiger partial charge is 0.493 e. The number of rotatable bonds is 11. The van der Waals surface area contributed by atoms with E-state index in [1.165, 1.54) is 6.42 Å². The maximum absolute atomic E-state index is 5.35. The van der Waals surface area contributed by atoms with Crippen molar-refractivity contribution >= 4 is 29.9 Å². The molecular formula is C20H37IN4O2. The topological polar surface area (TPSA) is 58.1 Å². The van der Waals surface area contributed by atoms with E-state index in [0.29, 0.717) is 12.6 Å². The van der Waals surface area contributed by atoms with Crippen molar-refractivity contribution in [2.75, 3.05) is 40.9 Å². The minimum Gasteiger partial charge on any atom is -0.493 e. The maximum atomic E-state index is 5.35. The average molecular weight is 492 g/mol. The molecule has 0 saturated carbocycles. The monoisotopic (exact) mass is 492 g/mol. The Hall–Kier alpha value is -1.22. The molecule has 0 fully saturated rings. The quantitative estimate of drug-likeness (QED) is 0.214. The first-order valence-electron chi connectivity index (χ1n) is 9.45. The number of hydrogen-bond acceptors (Lipinski definition) is 4. The first-order chi connectivity index (χ1) is 12.5. The lowest BCUT2D eigenvalue weighted by Gasteiger charge is -2.20. The molecule has 7 heteroatoms. The average Bonchev–Trinajstić information content (AvgIpc) is 2.64. The zero-order valence-corrected chi connectivity index (χ0v) is 20.0. The third-order valence-corrected chi connectivity index (χ3v) is 4.32. The van der Waals surface area contributed by atoms with E-state index >= 15 is 0 Å². The lowest BCUT2D eigenvalue weighted by atomic mass is 10.2. The Labute approximate surface area is 182 Å². The number of hydrogen-bond donors (Lipinski definition) is 2. The molecule has 0 amide bonds. The summed E-state index contributed by atoms with van der Waals surface area (Å²) in [5.41, 5.74) is 1.08. The van der Waals surface area contributed by atoms with Crippen LogP contribution in [-0.2, 0) is 6.54 Å². The molecule has 0 atom stereocenters. The van der Waals surface area contributed by atoms with Gasteiger partial charge in [-0.05, 0) is 64.9 Å². The first-order valence-corrected chi connectivity index (χ1v) is 9.45. The van der Waals surface area contributed by atoms with Crippen LogP contribution in [0.1, 0.15) is 39.2 Å². The molecule has 1 rings (SSSR count). The van der Waals surface area contributed by atoms with Crippen LogP contribution in [0.5, 0.6) is 11.5 Å². The smallest absolute Gasteiger partial charge is 0.191 e. The SMILES string of the molecule is CCNC(=NCc1ccc(OC)c(OC)c1)NCCCCN(C)C(C)C.I. The van der Waals surface area contributed by atoms with Crippen molar-refractivity contribution in [1.29, 1.82) is 0 Å². The van der Waals surface area contributed by atoms with Crippen LogP contribution >= 0.6 is 24.0 Å². The van der Waals surface area contributed by atoms with E-state index in [0.717, 1.165) is 49.1 Å². The molecular weight excluding hydrogens is 455 g/mol. The van der Waals surface area contributed by atoms with Gasteiger partial charge in [0.25, 0.3) is 0 Å². The molecule has 0 unspecified atom stereocenters. The van der Waals surface area contributed by atoms with E-state index in [2.05, 4.69) is 48.3 Å². The number of aliphatic imine (C=N–C) groups is 1. The number of nitrogens with zero attached hydrogens (tertiary/aromatic N) is 2. The summed E-state index contributed by atoms with van der Waals surface area (Å²) in [6.45, 7) is 10.00. The number of halogens is 1. The Morgan fingerprint density at radius 1 is 1.11 bits per heavy atom. The molecule has 156 valence electrons. The maximum Gasteiger partial charge on any atom is 0.191 e. The summed E-state index contributed by atoms with van der Waals surface area (Å²) < 4.78 is 10.6. The van der Waals surface area contributed by atoms with E-state index < -0.39 is 0 Å². The van der Waals surface area contributed by atoms with Crippen LogP contribution in [0.4, 0.5) is 0 Å². The number of ether oxygens (including phenoxy) is 2. The van der Waals surface area contributed by atoms with Crippen LogP contribution < -0.4 is 20.1 Å². The highest BCUT2D eigenvalue weighted by Crippen LogP contribution is 2.27. The lowest BCUT2D eigenvalue weighted by molar-refractivity contribution is 0.268. The third kappa shape index (κ3) is 10.0. The van der Waals surface area contributed by atoms with Gasteiger partial charge >= 0.3 is 0 Å². The Morgan fingerprint density at radius 3 is 2.41 bits per heavy atom. The second-order valence-corrected chi connectivity index (χ2v) is 6.59. The van der Waals surface area contributed by atoms with Crippen molar-refractivity contribution in [2.45, 2.75) is 46.2 Å². The first kappa shape index (κ1) is 25.8. The van der Waals surface area contributed by atoms with Crippen molar-refractivity contribution in [2.24, 2.45) is 4.99 Å². The highest BCUT2D eigenvalue weighted by atomic mass is 127. The molecule has 6 nitrogen and oxygen atoms in total. The standard InChI is InChI=1S/C20H36N4O2.HI/c1-7-21-20(22-12-8-9-13-24(4)16(2)3)23-15-17-10-11-18(25-5)19(14-17)26-6;/h10-11,14,16H,7-9,12-13,15H2,1-6H3,(H2,21,22,23);1H. The molecule has 1 aromatic rings. The summed E-state index contributed by atoms with van der Waals surface area (Å²) in [4.78, 5) is 7.03. The van der Waals surface area contributed by atoms with Gasteiger partial charge in [0.2, 0.25) is 0 Å². The Balaban J connectivity index is 0.00000676. The van der Waals surface area contributed by atoms with Crippen molar-refractivity contribution in [3.63, 3.8) is 0 Å². The molecule has 0 heterocycles. The van der Waals surface area contributed by atoms with E-state index in [9.17, 15) is 0 Å². The molecule has 2 N–H and O–H groups in total. The van der Waals surface area contributed by atoms with Gasteiger partial charge in [-0.1, -0.05) is 6.07 Å². The van der Waals surface area contributed by atoms with Crippen LogP contribution in [0.2, 0.25) is 0 Å². The van der Waals surface area contributed by atoms with Crippen molar-refractivity contribution in [3.8, 4) is 11.5 Å². The summed E-state index contributed by atoms with van der Waals surface area (Å²) in [6, 6.07) is 6.49. The fourth-order valence-electron chi connectivity index (χ4n) is 2.44. The van der Waals surface area contributed by atoms with Gasteiger partial charge in [-0.15, -0.1) is 24.0 Å². The van der Waals surface area contributed by atoms with Gasteiger partial charge in [0, 0.05) is 19.1 Å². The molecule has 27 heavy (non-hydrogen) atoms. The Kier molecular flexibility index (Phi) is 14.1. The second-order valence-electron chi connectivity index (χ2n) is 6.59. The van der Waals surface area contributed by atoms with Gasteiger partial charge in [-0.2, -0.15) is 0 Å². The molecule has 1 aromatic carbocycles. The van der Waals surface area contributed by atoms with Gasteiger partial charge in [0.15, 0.2) is 17.5 Å².